The summed E-state index contributed by atoms with van der Waals surface area (Å²) in [7, 11) is 0. The van der Waals surface area contributed by atoms with E-state index in [0.29, 0.717) is 6.42 Å². The van der Waals surface area contributed by atoms with Crippen molar-refractivity contribution in [3.05, 3.63) is 77.0 Å². The van der Waals surface area contributed by atoms with Crippen LogP contribution in [0, 0.1) is 13.8 Å². The highest BCUT2D eigenvalue weighted by atomic mass is 16.3. The monoisotopic (exact) mass is 277 g/mol. The standard InChI is InChI=1S/C19H19NO/c1-13-5-6-14(2)17(10-13)12-19(21)16-8-7-15-4-3-9-20-18(15)11-16/h3-11,19,21H,12H2,1-2H3. The minimum atomic E-state index is -0.503. The summed E-state index contributed by atoms with van der Waals surface area (Å²) in [5.74, 6) is 0. The highest BCUT2D eigenvalue weighted by Crippen LogP contribution is 2.23. The number of nitrogens with zero attached hydrogens (tertiary/aromatic N) is 1. The van der Waals surface area contributed by atoms with Gasteiger partial charge in [0.05, 0.1) is 11.6 Å². The summed E-state index contributed by atoms with van der Waals surface area (Å²) in [6.45, 7) is 4.17. The molecule has 0 aliphatic heterocycles. The number of aliphatic hydroxyl groups is 1. The SMILES string of the molecule is Cc1ccc(C)c(CC(O)c2ccc3cccnc3c2)c1. The van der Waals surface area contributed by atoms with E-state index in [-0.39, 0.29) is 0 Å². The second kappa shape index (κ2) is 5.66. The van der Waals surface area contributed by atoms with Crippen molar-refractivity contribution >= 4 is 10.9 Å². The minimum absolute atomic E-state index is 0.503. The maximum atomic E-state index is 10.5. The third kappa shape index (κ3) is 2.96. The number of aromatic nitrogens is 1. The number of aliphatic hydroxyl groups excluding tert-OH is 1. The van der Waals surface area contributed by atoms with Gasteiger partial charge in [-0.1, -0.05) is 42.0 Å². The number of hydrogen-bond acceptors (Lipinski definition) is 2. The maximum absolute atomic E-state index is 10.5. The zero-order chi connectivity index (χ0) is 14.8. The van der Waals surface area contributed by atoms with Crippen LogP contribution in [0.5, 0.6) is 0 Å². The maximum Gasteiger partial charge on any atom is 0.0831 e. The minimum Gasteiger partial charge on any atom is -0.388 e. The molecule has 0 saturated heterocycles. The number of aryl methyl sites for hydroxylation is 2. The van der Waals surface area contributed by atoms with Gasteiger partial charge in [-0.25, -0.2) is 0 Å². The van der Waals surface area contributed by atoms with Crippen molar-refractivity contribution in [2.45, 2.75) is 26.4 Å². The molecule has 1 unspecified atom stereocenters. The van der Waals surface area contributed by atoms with Crippen LogP contribution in [0.25, 0.3) is 10.9 Å². The molecule has 1 atom stereocenters. The van der Waals surface area contributed by atoms with Crippen LogP contribution in [-0.4, -0.2) is 10.1 Å². The van der Waals surface area contributed by atoms with Crippen molar-refractivity contribution in [3.63, 3.8) is 0 Å². The van der Waals surface area contributed by atoms with Crippen LogP contribution in [0.2, 0.25) is 0 Å². The zero-order valence-corrected chi connectivity index (χ0v) is 12.4. The van der Waals surface area contributed by atoms with E-state index in [1.807, 2.05) is 30.3 Å². The van der Waals surface area contributed by atoms with Crippen molar-refractivity contribution in [2.75, 3.05) is 0 Å². The van der Waals surface area contributed by atoms with Gasteiger partial charge >= 0.3 is 0 Å². The topological polar surface area (TPSA) is 33.1 Å². The van der Waals surface area contributed by atoms with Gasteiger partial charge in [0.2, 0.25) is 0 Å². The first-order chi connectivity index (χ1) is 10.1. The van der Waals surface area contributed by atoms with E-state index in [0.717, 1.165) is 16.5 Å². The molecule has 2 aromatic carbocycles. The molecule has 1 N–H and O–H groups in total. The van der Waals surface area contributed by atoms with Gasteiger partial charge in [0.25, 0.3) is 0 Å². The molecule has 0 saturated carbocycles. The molecule has 1 heterocycles. The van der Waals surface area contributed by atoms with Crippen LogP contribution in [0.1, 0.15) is 28.4 Å². The molecular formula is C19H19NO. The molecule has 0 amide bonds. The Balaban J connectivity index is 1.89. The van der Waals surface area contributed by atoms with E-state index >= 15 is 0 Å². The van der Waals surface area contributed by atoms with E-state index in [1.165, 1.54) is 16.7 Å². The molecule has 0 bridgehead atoms. The van der Waals surface area contributed by atoms with E-state index in [9.17, 15) is 5.11 Å². The molecule has 21 heavy (non-hydrogen) atoms. The first kappa shape index (κ1) is 13.8. The Bertz CT molecular complexity index is 779. The van der Waals surface area contributed by atoms with Crippen LogP contribution in [0.4, 0.5) is 0 Å². The molecule has 0 aliphatic carbocycles. The van der Waals surface area contributed by atoms with Gasteiger partial charge < -0.3 is 5.11 Å². The lowest BCUT2D eigenvalue weighted by atomic mass is 9.96. The normalized spacial score (nSPS) is 12.5. The van der Waals surface area contributed by atoms with Gasteiger partial charge in [0, 0.05) is 18.0 Å². The Hall–Kier alpha value is -2.19. The van der Waals surface area contributed by atoms with Gasteiger partial charge in [0.15, 0.2) is 0 Å². The van der Waals surface area contributed by atoms with Gasteiger partial charge in [-0.05, 0) is 42.7 Å². The van der Waals surface area contributed by atoms with Gasteiger partial charge in [-0.15, -0.1) is 0 Å². The molecule has 106 valence electrons. The van der Waals surface area contributed by atoms with Crippen molar-refractivity contribution in [1.82, 2.24) is 4.98 Å². The van der Waals surface area contributed by atoms with E-state index in [1.54, 1.807) is 6.20 Å². The number of benzene rings is 2. The molecule has 0 fully saturated rings. The van der Waals surface area contributed by atoms with Crippen molar-refractivity contribution in [3.8, 4) is 0 Å². The van der Waals surface area contributed by atoms with Crippen molar-refractivity contribution in [2.24, 2.45) is 0 Å². The van der Waals surface area contributed by atoms with Gasteiger partial charge in [-0.3, -0.25) is 4.98 Å². The Morgan fingerprint density at radius 1 is 1.05 bits per heavy atom. The summed E-state index contributed by atoms with van der Waals surface area (Å²) >= 11 is 0. The quantitative estimate of drug-likeness (QED) is 0.781. The van der Waals surface area contributed by atoms with Gasteiger partial charge in [0.1, 0.15) is 0 Å². The molecule has 2 heteroatoms. The molecule has 0 radical (unpaired) electrons. The third-order valence-electron chi connectivity index (χ3n) is 3.93. The summed E-state index contributed by atoms with van der Waals surface area (Å²) in [4.78, 5) is 4.35. The van der Waals surface area contributed by atoms with Crippen LogP contribution in [0.3, 0.4) is 0 Å². The summed E-state index contributed by atoms with van der Waals surface area (Å²) in [6, 6.07) is 16.3. The average Bonchev–Trinajstić information content (AvgIpc) is 2.50. The molecular weight excluding hydrogens is 258 g/mol. The summed E-state index contributed by atoms with van der Waals surface area (Å²) in [6.07, 6.45) is 1.91. The predicted molar refractivity (Wildman–Crippen MR) is 86.3 cm³/mol. The number of fused-ring (bicyclic) bond motifs is 1. The predicted octanol–water partition coefficient (Wildman–Crippen LogP) is 4.13. The molecule has 0 spiro atoms. The Morgan fingerprint density at radius 3 is 2.76 bits per heavy atom. The van der Waals surface area contributed by atoms with E-state index in [2.05, 4.69) is 37.0 Å². The Morgan fingerprint density at radius 2 is 1.90 bits per heavy atom. The summed E-state index contributed by atoms with van der Waals surface area (Å²) in [5, 5.41) is 11.6. The number of rotatable bonds is 3. The second-order valence-corrected chi connectivity index (χ2v) is 5.61. The smallest absolute Gasteiger partial charge is 0.0831 e. The van der Waals surface area contributed by atoms with Crippen LogP contribution in [-0.2, 0) is 6.42 Å². The van der Waals surface area contributed by atoms with Crippen molar-refractivity contribution < 1.29 is 5.11 Å². The Kier molecular flexibility index (Phi) is 3.72. The Labute approximate surface area is 125 Å². The largest absolute Gasteiger partial charge is 0.388 e. The van der Waals surface area contributed by atoms with Gasteiger partial charge in [-0.2, -0.15) is 0 Å². The third-order valence-corrected chi connectivity index (χ3v) is 3.93. The van der Waals surface area contributed by atoms with Crippen molar-refractivity contribution in [1.29, 1.82) is 0 Å². The van der Waals surface area contributed by atoms with Crippen LogP contribution in [0.15, 0.2) is 54.7 Å². The molecule has 0 aliphatic rings. The molecule has 1 aromatic heterocycles. The number of hydrogen-bond donors (Lipinski definition) is 1. The second-order valence-electron chi connectivity index (χ2n) is 5.61. The van der Waals surface area contributed by atoms with E-state index in [4.69, 9.17) is 0 Å². The number of pyridine rings is 1. The lowest BCUT2D eigenvalue weighted by molar-refractivity contribution is 0.178. The first-order valence-corrected chi connectivity index (χ1v) is 7.22. The molecule has 2 nitrogen and oxygen atoms in total. The molecule has 3 aromatic rings. The summed E-state index contributed by atoms with van der Waals surface area (Å²) < 4.78 is 0. The highest BCUT2D eigenvalue weighted by molar-refractivity contribution is 5.78. The lowest BCUT2D eigenvalue weighted by Crippen LogP contribution is -2.03. The fraction of sp³-hybridized carbons (Fsp3) is 0.211. The fourth-order valence-corrected chi connectivity index (χ4v) is 2.64. The summed E-state index contributed by atoms with van der Waals surface area (Å²) in [5.41, 5.74) is 5.49. The van der Waals surface area contributed by atoms with Crippen LogP contribution >= 0.6 is 0 Å². The zero-order valence-electron chi connectivity index (χ0n) is 12.4. The fourth-order valence-electron chi connectivity index (χ4n) is 2.64. The lowest BCUT2D eigenvalue weighted by Gasteiger charge is -2.14. The average molecular weight is 277 g/mol. The molecule has 3 rings (SSSR count). The van der Waals surface area contributed by atoms with E-state index < -0.39 is 6.10 Å². The van der Waals surface area contributed by atoms with Crippen LogP contribution < -0.4 is 0 Å². The highest BCUT2D eigenvalue weighted by Gasteiger charge is 2.11. The first-order valence-electron chi connectivity index (χ1n) is 7.22.